The van der Waals surface area contributed by atoms with Gasteiger partial charge in [-0.05, 0) is 51.6 Å². The molecule has 2 heterocycles. The number of carbonyl (C=O) groups excluding carboxylic acids is 1. The van der Waals surface area contributed by atoms with E-state index in [1.807, 2.05) is 6.92 Å². The van der Waals surface area contributed by atoms with E-state index in [2.05, 4.69) is 10.6 Å². The highest BCUT2D eigenvalue weighted by Crippen LogP contribution is 2.13. The number of amides is 1. The lowest BCUT2D eigenvalue weighted by atomic mass is 10.00. The van der Waals surface area contributed by atoms with Crippen LogP contribution in [0.25, 0.3) is 0 Å². The normalized spacial score (nSPS) is 27.6. The van der Waals surface area contributed by atoms with Gasteiger partial charge < -0.3 is 20.1 Å². The zero-order valence-electron chi connectivity index (χ0n) is 12.2. The van der Waals surface area contributed by atoms with Crippen molar-refractivity contribution in [2.24, 2.45) is 5.92 Å². The number of halogens is 1. The average molecular weight is 307 g/mol. The molecule has 0 spiro atoms. The molecule has 0 radical (unpaired) electrons. The molecule has 3 atom stereocenters. The molecule has 118 valence electrons. The lowest BCUT2D eigenvalue weighted by molar-refractivity contribution is -0.133. The number of ether oxygens (including phenoxy) is 2. The summed E-state index contributed by atoms with van der Waals surface area (Å²) in [6, 6.07) is 0. The third-order valence-corrected chi connectivity index (χ3v) is 3.89. The molecular weight excluding hydrogens is 280 g/mol. The Labute approximate surface area is 127 Å². The van der Waals surface area contributed by atoms with Crippen molar-refractivity contribution in [3.8, 4) is 0 Å². The van der Waals surface area contributed by atoms with Gasteiger partial charge in [0, 0.05) is 13.2 Å². The van der Waals surface area contributed by atoms with E-state index in [1.165, 1.54) is 12.8 Å². The Hall–Kier alpha value is -0.360. The maximum Gasteiger partial charge on any atom is 0.248 e. The minimum absolute atomic E-state index is 0. The van der Waals surface area contributed by atoms with Crippen LogP contribution < -0.4 is 10.6 Å². The number of piperidine rings is 1. The first-order chi connectivity index (χ1) is 9.25. The van der Waals surface area contributed by atoms with Crippen molar-refractivity contribution in [2.45, 2.75) is 44.8 Å². The smallest absolute Gasteiger partial charge is 0.248 e. The van der Waals surface area contributed by atoms with Gasteiger partial charge in [-0.15, -0.1) is 12.4 Å². The molecule has 2 fully saturated rings. The summed E-state index contributed by atoms with van der Waals surface area (Å²) in [6.45, 7) is 6.02. The standard InChI is InChI=1S/C14H26N2O3.ClH/c1-11(19-10-13-5-3-7-18-13)14(17)16-9-12-4-2-6-15-8-12;/h11-13,15H,2-10H2,1H3,(H,16,17);1H. The highest BCUT2D eigenvalue weighted by Gasteiger charge is 2.20. The summed E-state index contributed by atoms with van der Waals surface area (Å²) in [5.74, 6) is 0.548. The quantitative estimate of drug-likeness (QED) is 0.772. The van der Waals surface area contributed by atoms with Crippen molar-refractivity contribution < 1.29 is 14.3 Å². The molecule has 6 heteroatoms. The van der Waals surface area contributed by atoms with Crippen molar-refractivity contribution in [3.63, 3.8) is 0 Å². The second-order valence-corrected chi connectivity index (χ2v) is 5.57. The Morgan fingerprint density at radius 2 is 2.30 bits per heavy atom. The molecule has 0 saturated carbocycles. The largest absolute Gasteiger partial charge is 0.376 e. The van der Waals surface area contributed by atoms with Gasteiger partial charge in [0.1, 0.15) is 6.10 Å². The summed E-state index contributed by atoms with van der Waals surface area (Å²) in [4.78, 5) is 11.9. The van der Waals surface area contributed by atoms with E-state index in [1.54, 1.807) is 0 Å². The highest BCUT2D eigenvalue weighted by molar-refractivity contribution is 5.85. The van der Waals surface area contributed by atoms with Crippen molar-refractivity contribution in [1.29, 1.82) is 0 Å². The van der Waals surface area contributed by atoms with E-state index in [9.17, 15) is 4.79 Å². The maximum absolute atomic E-state index is 11.9. The second kappa shape index (κ2) is 9.55. The first-order valence-electron chi connectivity index (χ1n) is 7.47. The van der Waals surface area contributed by atoms with Gasteiger partial charge in [-0.25, -0.2) is 0 Å². The van der Waals surface area contributed by atoms with E-state index >= 15 is 0 Å². The van der Waals surface area contributed by atoms with Crippen LogP contribution in [0.4, 0.5) is 0 Å². The van der Waals surface area contributed by atoms with Gasteiger partial charge in [0.2, 0.25) is 5.91 Å². The molecule has 1 amide bonds. The summed E-state index contributed by atoms with van der Waals surface area (Å²) >= 11 is 0. The van der Waals surface area contributed by atoms with E-state index in [0.717, 1.165) is 39.1 Å². The molecule has 0 aromatic rings. The summed E-state index contributed by atoms with van der Waals surface area (Å²) < 4.78 is 11.0. The number of carbonyl (C=O) groups is 1. The maximum atomic E-state index is 11.9. The molecule has 3 unspecified atom stereocenters. The van der Waals surface area contributed by atoms with Gasteiger partial charge >= 0.3 is 0 Å². The Balaban J connectivity index is 0.00000200. The molecule has 2 saturated heterocycles. The predicted octanol–water partition coefficient (Wildman–Crippen LogP) is 1.11. The zero-order valence-corrected chi connectivity index (χ0v) is 13.0. The van der Waals surface area contributed by atoms with Crippen LogP contribution in [0, 0.1) is 5.92 Å². The molecule has 0 bridgehead atoms. The number of hydrogen-bond acceptors (Lipinski definition) is 4. The summed E-state index contributed by atoms with van der Waals surface area (Å²) in [5, 5.41) is 6.33. The molecule has 0 aromatic heterocycles. The lowest BCUT2D eigenvalue weighted by Gasteiger charge is -2.24. The lowest BCUT2D eigenvalue weighted by Crippen LogP contribution is -2.42. The van der Waals surface area contributed by atoms with Crippen LogP contribution in [0.15, 0.2) is 0 Å². The molecule has 0 aromatic carbocycles. The fraction of sp³-hybridized carbons (Fsp3) is 0.929. The van der Waals surface area contributed by atoms with E-state index in [4.69, 9.17) is 9.47 Å². The van der Waals surface area contributed by atoms with Crippen molar-refractivity contribution >= 4 is 18.3 Å². The zero-order chi connectivity index (χ0) is 13.5. The number of rotatable bonds is 6. The Morgan fingerprint density at radius 1 is 1.45 bits per heavy atom. The van der Waals surface area contributed by atoms with Gasteiger partial charge in [-0.2, -0.15) is 0 Å². The molecule has 2 rings (SSSR count). The predicted molar refractivity (Wildman–Crippen MR) is 80.2 cm³/mol. The van der Waals surface area contributed by atoms with E-state index < -0.39 is 0 Å². The molecule has 0 aliphatic carbocycles. The second-order valence-electron chi connectivity index (χ2n) is 5.57. The molecule has 2 aliphatic rings. The Bertz CT molecular complexity index is 280. The van der Waals surface area contributed by atoms with Crippen molar-refractivity contribution in [3.05, 3.63) is 0 Å². The summed E-state index contributed by atoms with van der Waals surface area (Å²) in [7, 11) is 0. The van der Waals surface area contributed by atoms with Gasteiger partial charge in [-0.3, -0.25) is 4.79 Å². The molecule has 2 aliphatic heterocycles. The van der Waals surface area contributed by atoms with Gasteiger partial charge in [0.25, 0.3) is 0 Å². The van der Waals surface area contributed by atoms with Gasteiger partial charge in [0.15, 0.2) is 0 Å². The molecule has 20 heavy (non-hydrogen) atoms. The minimum Gasteiger partial charge on any atom is -0.376 e. The third-order valence-electron chi connectivity index (χ3n) is 3.89. The van der Waals surface area contributed by atoms with Crippen LogP contribution in [-0.4, -0.2) is 51.0 Å². The van der Waals surface area contributed by atoms with Crippen molar-refractivity contribution in [2.75, 3.05) is 32.8 Å². The van der Waals surface area contributed by atoms with Gasteiger partial charge in [0.05, 0.1) is 12.7 Å². The van der Waals surface area contributed by atoms with Crippen molar-refractivity contribution in [1.82, 2.24) is 10.6 Å². The fourth-order valence-electron chi connectivity index (χ4n) is 2.59. The van der Waals surface area contributed by atoms with Crippen LogP contribution in [0.5, 0.6) is 0 Å². The third kappa shape index (κ3) is 5.95. The van der Waals surface area contributed by atoms with Crippen LogP contribution >= 0.6 is 12.4 Å². The van der Waals surface area contributed by atoms with Crippen LogP contribution in [-0.2, 0) is 14.3 Å². The highest BCUT2D eigenvalue weighted by atomic mass is 35.5. The summed E-state index contributed by atoms with van der Waals surface area (Å²) in [5.41, 5.74) is 0. The average Bonchev–Trinajstić information content (AvgIpc) is 2.96. The fourth-order valence-corrected chi connectivity index (χ4v) is 2.59. The van der Waals surface area contributed by atoms with Crippen LogP contribution in [0.1, 0.15) is 32.6 Å². The van der Waals surface area contributed by atoms with E-state index in [0.29, 0.717) is 12.5 Å². The Morgan fingerprint density at radius 3 is 2.95 bits per heavy atom. The topological polar surface area (TPSA) is 59.6 Å². The number of hydrogen-bond donors (Lipinski definition) is 2. The SMILES string of the molecule is CC(OCC1CCCO1)C(=O)NCC1CCCNC1.Cl. The number of nitrogens with one attached hydrogen (secondary N) is 2. The molecular formula is C14H27ClN2O3. The summed E-state index contributed by atoms with van der Waals surface area (Å²) in [6.07, 6.45) is 4.33. The van der Waals surface area contributed by atoms with Crippen LogP contribution in [0.2, 0.25) is 0 Å². The van der Waals surface area contributed by atoms with E-state index in [-0.39, 0.29) is 30.5 Å². The van der Waals surface area contributed by atoms with Gasteiger partial charge in [-0.1, -0.05) is 0 Å². The Kier molecular flexibility index (Phi) is 8.45. The first kappa shape index (κ1) is 17.7. The first-order valence-corrected chi connectivity index (χ1v) is 7.47. The van der Waals surface area contributed by atoms with Crippen LogP contribution in [0.3, 0.4) is 0 Å². The molecule has 2 N–H and O–H groups in total. The minimum atomic E-state index is -0.388. The molecule has 5 nitrogen and oxygen atoms in total. The monoisotopic (exact) mass is 306 g/mol.